The van der Waals surface area contributed by atoms with Crippen LogP contribution >= 0.6 is 0 Å². The molecule has 0 saturated carbocycles. The molecule has 60 heavy (non-hydrogen) atoms. The van der Waals surface area contributed by atoms with Crippen LogP contribution in [0.3, 0.4) is 0 Å². The van der Waals surface area contributed by atoms with Crippen LogP contribution in [0.2, 0.25) is 0 Å². The minimum atomic E-state index is 1.11. The number of benzene rings is 7. The monoisotopic (exact) mass is 788 g/mol. The number of rotatable bonds is 14. The van der Waals surface area contributed by atoms with Gasteiger partial charge < -0.3 is 29.4 Å². The van der Waals surface area contributed by atoms with E-state index in [1.54, 1.807) is 0 Å². The van der Waals surface area contributed by atoms with Gasteiger partial charge in [0, 0.05) is 113 Å². The Morgan fingerprint density at radius 3 is 0.500 bits per heavy atom. The first-order valence-corrected chi connectivity index (χ1v) is 20.4. The summed E-state index contributed by atoms with van der Waals surface area (Å²) < 4.78 is 0. The smallest absolute Gasteiger partial charge is 0.0463 e. The SMILES string of the molecule is CN(C)c1ccc(N(c2ccc(/C=C/c3ccc(/C=C/c4ccc(N(c5ccc(N(C)C)cc5)c5ccc(N(C)C)cc5)cc4)cc3)cc2)c2ccc(N(C)C)cc2)cc1. The zero-order valence-electron chi connectivity index (χ0n) is 36.2. The van der Waals surface area contributed by atoms with Gasteiger partial charge in [0.25, 0.3) is 0 Å². The topological polar surface area (TPSA) is 19.4 Å². The summed E-state index contributed by atoms with van der Waals surface area (Å²) >= 11 is 0. The first-order chi connectivity index (χ1) is 29.0. The molecule has 0 aromatic heterocycles. The number of nitrogens with zero attached hydrogens (tertiary/aromatic N) is 6. The fourth-order valence-corrected chi connectivity index (χ4v) is 7.07. The quantitative estimate of drug-likeness (QED) is 0.102. The molecule has 302 valence electrons. The molecule has 0 radical (unpaired) electrons. The second-order valence-electron chi connectivity index (χ2n) is 15.8. The van der Waals surface area contributed by atoms with Crippen molar-refractivity contribution in [1.29, 1.82) is 0 Å². The van der Waals surface area contributed by atoms with Crippen molar-refractivity contribution in [3.8, 4) is 0 Å². The zero-order chi connectivity index (χ0) is 42.2. The predicted octanol–water partition coefficient (Wildman–Crippen LogP) is 13.2. The van der Waals surface area contributed by atoms with Crippen molar-refractivity contribution in [3.05, 3.63) is 192 Å². The van der Waals surface area contributed by atoms with E-state index in [0.717, 1.165) is 56.4 Å². The largest absolute Gasteiger partial charge is 0.378 e. The summed E-state index contributed by atoms with van der Waals surface area (Å²) in [5.74, 6) is 0. The average molecular weight is 789 g/mol. The van der Waals surface area contributed by atoms with Crippen LogP contribution in [0.15, 0.2) is 170 Å². The van der Waals surface area contributed by atoms with E-state index in [9.17, 15) is 0 Å². The number of anilines is 10. The molecule has 0 unspecified atom stereocenters. The molecule has 0 heterocycles. The van der Waals surface area contributed by atoms with Crippen molar-refractivity contribution >= 4 is 81.2 Å². The van der Waals surface area contributed by atoms with Crippen LogP contribution in [0, 0.1) is 0 Å². The Kier molecular flexibility index (Phi) is 12.7. The lowest BCUT2D eigenvalue weighted by Gasteiger charge is -2.27. The highest BCUT2D eigenvalue weighted by Gasteiger charge is 2.15. The first kappa shape index (κ1) is 41.0. The fourth-order valence-electron chi connectivity index (χ4n) is 7.07. The van der Waals surface area contributed by atoms with Gasteiger partial charge in [-0.25, -0.2) is 0 Å². The second-order valence-corrected chi connectivity index (χ2v) is 15.8. The van der Waals surface area contributed by atoms with E-state index in [1.165, 1.54) is 22.7 Å². The Morgan fingerprint density at radius 1 is 0.200 bits per heavy atom. The molecular formula is C54H56N6. The average Bonchev–Trinajstić information content (AvgIpc) is 3.27. The van der Waals surface area contributed by atoms with Gasteiger partial charge in [0.1, 0.15) is 0 Å². The second kappa shape index (κ2) is 18.6. The molecule has 0 aliphatic carbocycles. The molecule has 0 aliphatic rings. The Morgan fingerprint density at radius 2 is 0.333 bits per heavy atom. The molecule has 0 fully saturated rings. The number of hydrogen-bond donors (Lipinski definition) is 0. The van der Waals surface area contributed by atoms with Crippen molar-refractivity contribution < 1.29 is 0 Å². The Labute approximate surface area is 357 Å². The van der Waals surface area contributed by atoms with Gasteiger partial charge in [-0.1, -0.05) is 72.8 Å². The molecule has 6 heteroatoms. The molecule has 7 aromatic rings. The van der Waals surface area contributed by atoms with Gasteiger partial charge in [-0.2, -0.15) is 0 Å². The molecule has 0 saturated heterocycles. The van der Waals surface area contributed by atoms with Crippen LogP contribution < -0.4 is 29.4 Å². The van der Waals surface area contributed by atoms with Crippen molar-refractivity contribution in [3.63, 3.8) is 0 Å². The van der Waals surface area contributed by atoms with Gasteiger partial charge in [0.15, 0.2) is 0 Å². The fraction of sp³-hybridized carbons (Fsp3) is 0.148. The summed E-state index contributed by atoms with van der Waals surface area (Å²) in [4.78, 5) is 13.1. The molecule has 0 amide bonds. The van der Waals surface area contributed by atoms with E-state index in [1.807, 2.05) is 0 Å². The summed E-state index contributed by atoms with van der Waals surface area (Å²) in [5.41, 5.74) is 16.0. The van der Waals surface area contributed by atoms with E-state index in [0.29, 0.717) is 0 Å². The van der Waals surface area contributed by atoms with Crippen LogP contribution in [-0.4, -0.2) is 56.4 Å². The Bertz CT molecular complexity index is 2200. The molecule has 6 nitrogen and oxygen atoms in total. The van der Waals surface area contributed by atoms with Crippen molar-refractivity contribution in [2.24, 2.45) is 0 Å². The van der Waals surface area contributed by atoms with Gasteiger partial charge in [-0.3, -0.25) is 0 Å². The maximum atomic E-state index is 2.30. The lowest BCUT2D eigenvalue weighted by Crippen LogP contribution is -2.12. The number of hydrogen-bond acceptors (Lipinski definition) is 6. The molecule has 0 spiro atoms. The van der Waals surface area contributed by atoms with E-state index < -0.39 is 0 Å². The molecule has 0 N–H and O–H groups in total. The molecule has 0 atom stereocenters. The summed E-state index contributed by atoms with van der Waals surface area (Å²) in [6.07, 6.45) is 8.70. The normalized spacial score (nSPS) is 11.2. The van der Waals surface area contributed by atoms with Gasteiger partial charge in [-0.05, 0) is 144 Å². The summed E-state index contributed by atoms with van der Waals surface area (Å²) in [6, 6.07) is 61.0. The minimum absolute atomic E-state index is 1.11. The van der Waals surface area contributed by atoms with Gasteiger partial charge in [-0.15, -0.1) is 0 Å². The highest BCUT2D eigenvalue weighted by molar-refractivity contribution is 5.81. The highest BCUT2D eigenvalue weighted by Crippen LogP contribution is 2.38. The maximum Gasteiger partial charge on any atom is 0.0463 e. The highest BCUT2D eigenvalue weighted by atomic mass is 15.2. The Balaban J connectivity index is 1.03. The van der Waals surface area contributed by atoms with Gasteiger partial charge >= 0.3 is 0 Å². The molecule has 0 bridgehead atoms. The third kappa shape index (κ3) is 9.91. The molecule has 0 aliphatic heterocycles. The molecular weight excluding hydrogens is 733 g/mol. The van der Waals surface area contributed by atoms with Crippen LogP contribution in [0.5, 0.6) is 0 Å². The Hall–Kier alpha value is -7.18. The van der Waals surface area contributed by atoms with Crippen LogP contribution in [0.4, 0.5) is 56.9 Å². The maximum absolute atomic E-state index is 2.30. The van der Waals surface area contributed by atoms with E-state index in [2.05, 4.69) is 280 Å². The van der Waals surface area contributed by atoms with Crippen LogP contribution in [0.1, 0.15) is 22.3 Å². The lowest BCUT2D eigenvalue weighted by molar-refractivity contribution is 1.13. The van der Waals surface area contributed by atoms with Gasteiger partial charge in [0.05, 0.1) is 0 Å². The lowest BCUT2D eigenvalue weighted by atomic mass is 10.1. The van der Waals surface area contributed by atoms with Crippen LogP contribution in [-0.2, 0) is 0 Å². The third-order valence-electron chi connectivity index (χ3n) is 10.7. The molecule has 7 rings (SSSR count). The third-order valence-corrected chi connectivity index (χ3v) is 10.7. The van der Waals surface area contributed by atoms with Crippen LogP contribution in [0.25, 0.3) is 24.3 Å². The van der Waals surface area contributed by atoms with Crippen molar-refractivity contribution in [2.45, 2.75) is 0 Å². The standard InChI is InChI=1S/C54H56N6/c1-55(2)45-25-33-51(34-26-45)59(52-35-27-46(28-36-52)56(3)4)49-21-17-43(18-22-49)15-13-41-9-11-42(12-10-41)14-16-44-19-23-50(24-20-44)60(53-37-29-47(30-38-53)57(5)6)54-39-31-48(32-40-54)58(7)8/h9-40H,1-8H3/b15-13+,16-14+. The van der Waals surface area contributed by atoms with E-state index >= 15 is 0 Å². The summed E-state index contributed by atoms with van der Waals surface area (Å²) in [7, 11) is 16.5. The van der Waals surface area contributed by atoms with Crippen molar-refractivity contribution in [2.75, 3.05) is 85.8 Å². The van der Waals surface area contributed by atoms with Gasteiger partial charge in [0.2, 0.25) is 0 Å². The molecule has 7 aromatic carbocycles. The van der Waals surface area contributed by atoms with E-state index in [-0.39, 0.29) is 0 Å². The van der Waals surface area contributed by atoms with Crippen molar-refractivity contribution in [1.82, 2.24) is 0 Å². The first-order valence-electron chi connectivity index (χ1n) is 20.4. The summed E-state index contributed by atoms with van der Waals surface area (Å²) in [5, 5.41) is 0. The van der Waals surface area contributed by atoms with E-state index in [4.69, 9.17) is 0 Å². The summed E-state index contributed by atoms with van der Waals surface area (Å²) in [6.45, 7) is 0. The predicted molar refractivity (Wildman–Crippen MR) is 264 cm³/mol. The zero-order valence-corrected chi connectivity index (χ0v) is 36.2. The minimum Gasteiger partial charge on any atom is -0.378 e.